The summed E-state index contributed by atoms with van der Waals surface area (Å²) in [5.74, 6) is 1.26. The Morgan fingerprint density at radius 1 is 1.31 bits per heavy atom. The third-order valence-electron chi connectivity index (χ3n) is 4.90. The fraction of sp³-hybridized carbons (Fsp3) is 0.556. The normalized spacial score (nSPS) is 19.7. The molecule has 2 aromatic rings. The Bertz CT molecular complexity index is 791. The smallest absolute Gasteiger partial charge is 0.319 e. The molecular formula is C18H22N4O4. The Hall–Kier alpha value is -2.64. The molecule has 0 bridgehead atoms. The first kappa shape index (κ1) is 16.8. The molecule has 0 aromatic carbocycles. The minimum Gasteiger partial charge on any atom is -0.472 e. The van der Waals surface area contributed by atoms with E-state index in [4.69, 9.17) is 14.0 Å². The SMILES string of the molecule is COc1nccc(OC2CCCN(C(=O)c3noc4c3CCCC4)C2)n1. The van der Waals surface area contributed by atoms with Gasteiger partial charge in [0.2, 0.25) is 5.88 Å². The van der Waals surface area contributed by atoms with Crippen LogP contribution in [0.25, 0.3) is 0 Å². The largest absolute Gasteiger partial charge is 0.472 e. The van der Waals surface area contributed by atoms with Gasteiger partial charge in [-0.25, -0.2) is 4.98 Å². The Balaban J connectivity index is 1.44. The van der Waals surface area contributed by atoms with Crippen molar-refractivity contribution in [3.63, 3.8) is 0 Å². The predicted molar refractivity (Wildman–Crippen MR) is 91.3 cm³/mol. The molecule has 0 spiro atoms. The molecule has 1 amide bonds. The summed E-state index contributed by atoms with van der Waals surface area (Å²) in [5.41, 5.74) is 1.47. The van der Waals surface area contributed by atoms with E-state index in [1.165, 1.54) is 7.11 Å². The average molecular weight is 358 g/mol. The second-order valence-corrected chi connectivity index (χ2v) is 6.65. The molecule has 3 heterocycles. The average Bonchev–Trinajstić information content (AvgIpc) is 3.12. The van der Waals surface area contributed by atoms with Gasteiger partial charge < -0.3 is 18.9 Å². The van der Waals surface area contributed by atoms with Gasteiger partial charge in [0, 0.05) is 30.8 Å². The number of piperidine rings is 1. The van der Waals surface area contributed by atoms with Gasteiger partial charge in [0.15, 0.2) is 5.69 Å². The van der Waals surface area contributed by atoms with Crippen molar-refractivity contribution in [1.29, 1.82) is 0 Å². The first-order valence-electron chi connectivity index (χ1n) is 9.05. The second kappa shape index (κ2) is 7.31. The van der Waals surface area contributed by atoms with Crippen LogP contribution in [0.4, 0.5) is 0 Å². The monoisotopic (exact) mass is 358 g/mol. The number of amides is 1. The quantitative estimate of drug-likeness (QED) is 0.826. The zero-order valence-corrected chi connectivity index (χ0v) is 14.8. The highest BCUT2D eigenvalue weighted by atomic mass is 16.5. The maximum Gasteiger partial charge on any atom is 0.319 e. The number of fused-ring (bicyclic) bond motifs is 1. The molecule has 0 N–H and O–H groups in total. The van der Waals surface area contributed by atoms with Gasteiger partial charge in [-0.15, -0.1) is 0 Å². The van der Waals surface area contributed by atoms with Crippen LogP contribution in [-0.4, -0.2) is 52.2 Å². The lowest BCUT2D eigenvalue weighted by atomic mass is 9.96. The minimum atomic E-state index is -0.116. The van der Waals surface area contributed by atoms with E-state index in [0.29, 0.717) is 24.7 Å². The summed E-state index contributed by atoms with van der Waals surface area (Å²) >= 11 is 0. The van der Waals surface area contributed by atoms with Gasteiger partial charge in [0.1, 0.15) is 11.9 Å². The molecule has 2 aliphatic rings. The molecule has 138 valence electrons. The van der Waals surface area contributed by atoms with E-state index in [-0.39, 0.29) is 18.0 Å². The molecule has 2 aromatic heterocycles. The highest BCUT2D eigenvalue weighted by molar-refractivity contribution is 5.94. The number of aryl methyl sites for hydroxylation is 1. The summed E-state index contributed by atoms with van der Waals surface area (Å²) in [6, 6.07) is 1.96. The van der Waals surface area contributed by atoms with Crippen molar-refractivity contribution in [1.82, 2.24) is 20.0 Å². The highest BCUT2D eigenvalue weighted by Crippen LogP contribution is 2.26. The number of hydrogen-bond acceptors (Lipinski definition) is 7. The molecule has 8 heteroatoms. The molecule has 1 atom stereocenters. The number of carbonyl (C=O) groups is 1. The van der Waals surface area contributed by atoms with E-state index >= 15 is 0 Å². The number of ether oxygens (including phenoxy) is 2. The lowest BCUT2D eigenvalue weighted by Crippen LogP contribution is -2.44. The summed E-state index contributed by atoms with van der Waals surface area (Å²) in [5, 5.41) is 4.06. The number of likely N-dealkylation sites (tertiary alicyclic amines) is 1. The van der Waals surface area contributed by atoms with Gasteiger partial charge in [-0.2, -0.15) is 4.98 Å². The summed E-state index contributed by atoms with van der Waals surface area (Å²) in [6.45, 7) is 1.21. The maximum atomic E-state index is 12.9. The predicted octanol–water partition coefficient (Wildman–Crippen LogP) is 2.04. The molecular weight excluding hydrogens is 336 g/mol. The van der Waals surface area contributed by atoms with Crippen LogP contribution in [0.2, 0.25) is 0 Å². The molecule has 0 saturated carbocycles. The molecule has 1 aliphatic carbocycles. The van der Waals surface area contributed by atoms with E-state index < -0.39 is 0 Å². The van der Waals surface area contributed by atoms with Crippen molar-refractivity contribution in [2.45, 2.75) is 44.6 Å². The fourth-order valence-electron chi connectivity index (χ4n) is 3.58. The van der Waals surface area contributed by atoms with Crippen molar-refractivity contribution < 1.29 is 18.8 Å². The molecule has 1 aliphatic heterocycles. The number of aromatic nitrogens is 3. The van der Waals surface area contributed by atoms with Crippen LogP contribution in [0, 0.1) is 0 Å². The molecule has 0 radical (unpaired) electrons. The summed E-state index contributed by atoms with van der Waals surface area (Å²) in [6.07, 6.45) is 7.13. The van der Waals surface area contributed by atoms with E-state index in [0.717, 1.165) is 49.8 Å². The van der Waals surface area contributed by atoms with Gasteiger partial charge >= 0.3 is 6.01 Å². The van der Waals surface area contributed by atoms with Gasteiger partial charge in [-0.3, -0.25) is 4.79 Å². The molecule has 4 rings (SSSR count). The Morgan fingerprint density at radius 2 is 2.19 bits per heavy atom. The third-order valence-corrected chi connectivity index (χ3v) is 4.90. The summed E-state index contributed by atoms with van der Waals surface area (Å²) in [7, 11) is 1.51. The lowest BCUT2D eigenvalue weighted by Gasteiger charge is -2.32. The Labute approximate surface area is 151 Å². The van der Waals surface area contributed by atoms with E-state index in [1.54, 1.807) is 17.2 Å². The maximum absolute atomic E-state index is 12.9. The van der Waals surface area contributed by atoms with Crippen molar-refractivity contribution in [3.05, 3.63) is 29.3 Å². The van der Waals surface area contributed by atoms with Crippen molar-refractivity contribution in [3.8, 4) is 11.9 Å². The Morgan fingerprint density at radius 3 is 3.08 bits per heavy atom. The fourth-order valence-corrected chi connectivity index (χ4v) is 3.58. The number of rotatable bonds is 4. The molecule has 1 fully saturated rings. The molecule has 26 heavy (non-hydrogen) atoms. The zero-order valence-electron chi connectivity index (χ0n) is 14.8. The number of carbonyl (C=O) groups excluding carboxylic acids is 1. The standard InChI is InChI=1S/C18H22N4O4/c1-24-18-19-9-8-15(20-18)25-12-5-4-10-22(11-12)17(23)16-13-6-2-3-7-14(13)26-21-16/h8-9,12H,2-7,10-11H2,1H3. The van der Waals surface area contributed by atoms with Crippen LogP contribution < -0.4 is 9.47 Å². The van der Waals surface area contributed by atoms with Crippen molar-refractivity contribution in [2.24, 2.45) is 0 Å². The number of methoxy groups -OCH3 is 1. The van der Waals surface area contributed by atoms with Crippen LogP contribution in [-0.2, 0) is 12.8 Å². The summed E-state index contributed by atoms with van der Waals surface area (Å²) in [4.78, 5) is 22.9. The first-order valence-corrected chi connectivity index (χ1v) is 9.05. The minimum absolute atomic E-state index is 0.0644. The zero-order chi connectivity index (χ0) is 17.9. The van der Waals surface area contributed by atoms with E-state index in [9.17, 15) is 4.79 Å². The van der Waals surface area contributed by atoms with Gasteiger partial charge in [0.05, 0.1) is 13.7 Å². The van der Waals surface area contributed by atoms with E-state index in [1.807, 2.05) is 0 Å². The molecule has 1 saturated heterocycles. The van der Waals surface area contributed by atoms with E-state index in [2.05, 4.69) is 15.1 Å². The van der Waals surface area contributed by atoms with Gasteiger partial charge in [-0.1, -0.05) is 5.16 Å². The van der Waals surface area contributed by atoms with Crippen LogP contribution in [0.15, 0.2) is 16.8 Å². The van der Waals surface area contributed by atoms with Crippen molar-refractivity contribution in [2.75, 3.05) is 20.2 Å². The first-order chi connectivity index (χ1) is 12.7. The van der Waals surface area contributed by atoms with Crippen LogP contribution in [0.5, 0.6) is 11.9 Å². The number of nitrogens with zero attached hydrogens (tertiary/aromatic N) is 4. The third kappa shape index (κ3) is 3.36. The summed E-state index contributed by atoms with van der Waals surface area (Å²) < 4.78 is 16.3. The lowest BCUT2D eigenvalue weighted by molar-refractivity contribution is 0.0516. The van der Waals surface area contributed by atoms with Crippen LogP contribution >= 0.6 is 0 Å². The Kier molecular flexibility index (Phi) is 4.73. The second-order valence-electron chi connectivity index (χ2n) is 6.65. The van der Waals surface area contributed by atoms with Crippen LogP contribution in [0.1, 0.15) is 47.5 Å². The topological polar surface area (TPSA) is 90.6 Å². The highest BCUT2D eigenvalue weighted by Gasteiger charge is 2.31. The van der Waals surface area contributed by atoms with Crippen LogP contribution in [0.3, 0.4) is 0 Å². The van der Waals surface area contributed by atoms with Gasteiger partial charge in [-0.05, 0) is 32.1 Å². The number of hydrogen-bond donors (Lipinski definition) is 0. The molecule has 8 nitrogen and oxygen atoms in total. The van der Waals surface area contributed by atoms with Crippen molar-refractivity contribution >= 4 is 5.91 Å². The van der Waals surface area contributed by atoms with Gasteiger partial charge in [0.25, 0.3) is 5.91 Å². The molecule has 1 unspecified atom stereocenters.